The molecule has 1 aromatic carbocycles. The van der Waals surface area contributed by atoms with E-state index in [1.165, 1.54) is 12.7 Å². The number of nitrogens with two attached hydrogens (primary N) is 1. The lowest BCUT2D eigenvalue weighted by Crippen LogP contribution is -2.39. The highest BCUT2D eigenvalue weighted by atomic mass is 16.5. The Labute approximate surface area is 152 Å². The number of methoxy groups -OCH3 is 1. The van der Waals surface area contributed by atoms with Gasteiger partial charge in [-0.15, -0.1) is 0 Å². The van der Waals surface area contributed by atoms with Crippen LogP contribution in [0, 0.1) is 0 Å². The van der Waals surface area contributed by atoms with Gasteiger partial charge in [0.25, 0.3) is 5.91 Å². The first kappa shape index (κ1) is 17.8. The Hall–Kier alpha value is -3.03. The number of hydrogen-bond acceptors (Lipinski definition) is 7. The van der Waals surface area contributed by atoms with Crippen molar-refractivity contribution in [2.24, 2.45) is 0 Å². The van der Waals surface area contributed by atoms with Crippen molar-refractivity contribution in [3.63, 3.8) is 0 Å². The predicted molar refractivity (Wildman–Crippen MR) is 101 cm³/mol. The number of benzene rings is 1. The number of rotatable bonds is 5. The summed E-state index contributed by atoms with van der Waals surface area (Å²) in [5.41, 5.74) is 12.6. The molecule has 3 rings (SSSR count). The van der Waals surface area contributed by atoms with Crippen LogP contribution in [0.5, 0.6) is 5.75 Å². The fourth-order valence-corrected chi connectivity index (χ4v) is 3.06. The Morgan fingerprint density at radius 1 is 1.27 bits per heavy atom. The zero-order valence-electron chi connectivity index (χ0n) is 15.0. The van der Waals surface area contributed by atoms with E-state index in [-0.39, 0.29) is 5.91 Å². The van der Waals surface area contributed by atoms with Crippen molar-refractivity contribution in [3.8, 4) is 5.75 Å². The number of carbonyl (C=O) groups excluding carboxylic acids is 1. The van der Waals surface area contributed by atoms with E-state index in [1.807, 2.05) is 0 Å². The van der Waals surface area contributed by atoms with E-state index < -0.39 is 0 Å². The summed E-state index contributed by atoms with van der Waals surface area (Å²) < 4.78 is 5.09. The van der Waals surface area contributed by atoms with Crippen LogP contribution < -0.4 is 26.2 Å². The standard InChI is InChI=1S/C18H24N6O2/c1-12-5-3-4-10-24(12)17-15(19)16(20-11-21-17)22-23-18(25)13-6-8-14(26-2)9-7-13/h6-9,11-12H,3-5,10,19H2,1-2H3,(H,23,25)(H,20,21,22). The molecule has 26 heavy (non-hydrogen) atoms. The molecule has 0 radical (unpaired) electrons. The number of nitrogens with one attached hydrogen (secondary N) is 2. The van der Waals surface area contributed by atoms with Crippen LogP contribution in [0.4, 0.5) is 17.3 Å². The normalized spacial score (nSPS) is 16.8. The second kappa shape index (κ2) is 7.90. The zero-order valence-corrected chi connectivity index (χ0v) is 15.0. The molecule has 138 valence electrons. The van der Waals surface area contributed by atoms with Crippen LogP contribution in [-0.2, 0) is 0 Å². The van der Waals surface area contributed by atoms with Crippen molar-refractivity contribution in [2.45, 2.75) is 32.2 Å². The second-order valence-electron chi connectivity index (χ2n) is 6.31. The number of ether oxygens (including phenoxy) is 1. The van der Waals surface area contributed by atoms with Crippen LogP contribution in [0.15, 0.2) is 30.6 Å². The number of hydrazine groups is 1. The van der Waals surface area contributed by atoms with Gasteiger partial charge in [-0.25, -0.2) is 9.97 Å². The molecule has 1 aliphatic rings. The third kappa shape index (κ3) is 3.79. The maximum Gasteiger partial charge on any atom is 0.269 e. The first-order chi connectivity index (χ1) is 12.6. The molecule has 4 N–H and O–H groups in total. The molecule has 0 spiro atoms. The molecule has 1 fully saturated rings. The van der Waals surface area contributed by atoms with Gasteiger partial charge in [-0.3, -0.25) is 15.6 Å². The van der Waals surface area contributed by atoms with Gasteiger partial charge in [0.15, 0.2) is 11.6 Å². The van der Waals surface area contributed by atoms with Gasteiger partial charge < -0.3 is 15.4 Å². The summed E-state index contributed by atoms with van der Waals surface area (Å²) >= 11 is 0. The van der Waals surface area contributed by atoms with Gasteiger partial charge in [0.2, 0.25) is 0 Å². The molecule has 1 aromatic heterocycles. The van der Waals surface area contributed by atoms with Gasteiger partial charge in [0, 0.05) is 18.2 Å². The van der Waals surface area contributed by atoms with Crippen molar-refractivity contribution in [1.29, 1.82) is 0 Å². The SMILES string of the molecule is COc1ccc(C(=O)NNc2ncnc(N3CCCCC3C)c2N)cc1. The highest BCUT2D eigenvalue weighted by Gasteiger charge is 2.23. The van der Waals surface area contributed by atoms with Crippen molar-refractivity contribution in [2.75, 3.05) is 29.7 Å². The lowest BCUT2D eigenvalue weighted by molar-refractivity contribution is 0.0962. The molecular weight excluding hydrogens is 332 g/mol. The van der Waals surface area contributed by atoms with Gasteiger partial charge >= 0.3 is 0 Å². The zero-order chi connectivity index (χ0) is 18.5. The van der Waals surface area contributed by atoms with E-state index in [4.69, 9.17) is 10.5 Å². The number of nitrogens with zero attached hydrogens (tertiary/aromatic N) is 3. The van der Waals surface area contributed by atoms with Gasteiger partial charge in [-0.2, -0.15) is 0 Å². The molecule has 1 unspecified atom stereocenters. The number of piperidine rings is 1. The van der Waals surface area contributed by atoms with Crippen LogP contribution in [-0.4, -0.2) is 35.6 Å². The van der Waals surface area contributed by atoms with Crippen LogP contribution in [0.1, 0.15) is 36.5 Å². The summed E-state index contributed by atoms with van der Waals surface area (Å²) in [6.45, 7) is 3.08. The molecule has 1 amide bonds. The number of amides is 1. The van der Waals surface area contributed by atoms with E-state index in [1.54, 1.807) is 31.4 Å². The van der Waals surface area contributed by atoms with Crippen molar-refractivity contribution in [3.05, 3.63) is 36.2 Å². The topological polar surface area (TPSA) is 105 Å². The smallest absolute Gasteiger partial charge is 0.269 e. The third-order valence-corrected chi connectivity index (χ3v) is 4.58. The fourth-order valence-electron chi connectivity index (χ4n) is 3.06. The van der Waals surface area contributed by atoms with E-state index in [9.17, 15) is 4.79 Å². The van der Waals surface area contributed by atoms with Gasteiger partial charge in [-0.1, -0.05) is 0 Å². The summed E-state index contributed by atoms with van der Waals surface area (Å²) in [5, 5.41) is 0. The molecule has 1 saturated heterocycles. The molecule has 2 heterocycles. The van der Waals surface area contributed by atoms with Crippen molar-refractivity contribution >= 4 is 23.2 Å². The largest absolute Gasteiger partial charge is 0.497 e. The lowest BCUT2D eigenvalue weighted by Gasteiger charge is -2.35. The number of hydrogen-bond donors (Lipinski definition) is 3. The Bertz CT molecular complexity index is 765. The minimum atomic E-state index is -0.293. The van der Waals surface area contributed by atoms with Crippen LogP contribution in [0.2, 0.25) is 0 Å². The van der Waals surface area contributed by atoms with Gasteiger partial charge in [0.1, 0.15) is 17.8 Å². The predicted octanol–water partition coefficient (Wildman–Crippen LogP) is 2.20. The maximum absolute atomic E-state index is 12.3. The number of nitrogen functional groups attached to an aromatic ring is 1. The van der Waals surface area contributed by atoms with Crippen LogP contribution >= 0.6 is 0 Å². The van der Waals surface area contributed by atoms with E-state index in [2.05, 4.69) is 32.6 Å². The van der Waals surface area contributed by atoms with Gasteiger partial charge in [-0.05, 0) is 50.5 Å². The minimum Gasteiger partial charge on any atom is -0.497 e. The summed E-state index contributed by atoms with van der Waals surface area (Å²) in [4.78, 5) is 22.9. The average Bonchev–Trinajstić information content (AvgIpc) is 2.68. The van der Waals surface area contributed by atoms with Crippen molar-refractivity contribution < 1.29 is 9.53 Å². The molecule has 1 aliphatic heterocycles. The molecule has 8 heteroatoms. The van der Waals surface area contributed by atoms with Crippen molar-refractivity contribution in [1.82, 2.24) is 15.4 Å². The molecule has 0 saturated carbocycles. The summed E-state index contributed by atoms with van der Waals surface area (Å²) in [7, 11) is 1.58. The Morgan fingerprint density at radius 2 is 2.04 bits per heavy atom. The number of aromatic nitrogens is 2. The monoisotopic (exact) mass is 356 g/mol. The second-order valence-corrected chi connectivity index (χ2v) is 6.31. The molecule has 0 bridgehead atoms. The number of carbonyl (C=O) groups is 1. The van der Waals surface area contributed by atoms with Crippen LogP contribution in [0.3, 0.4) is 0 Å². The first-order valence-corrected chi connectivity index (χ1v) is 8.67. The Kier molecular flexibility index (Phi) is 5.40. The summed E-state index contributed by atoms with van der Waals surface area (Å²) in [6.07, 6.45) is 4.89. The maximum atomic E-state index is 12.3. The third-order valence-electron chi connectivity index (χ3n) is 4.58. The highest BCUT2D eigenvalue weighted by molar-refractivity contribution is 5.95. The average molecular weight is 356 g/mol. The van der Waals surface area contributed by atoms with Gasteiger partial charge in [0.05, 0.1) is 7.11 Å². The lowest BCUT2D eigenvalue weighted by atomic mass is 10.0. The Balaban J connectivity index is 1.69. The fraction of sp³-hybridized carbons (Fsp3) is 0.389. The summed E-state index contributed by atoms with van der Waals surface area (Å²) in [5.74, 6) is 1.48. The molecule has 2 aromatic rings. The van der Waals surface area contributed by atoms with E-state index >= 15 is 0 Å². The quantitative estimate of drug-likeness (QED) is 0.705. The molecule has 8 nitrogen and oxygen atoms in total. The number of anilines is 3. The molecule has 0 aliphatic carbocycles. The van der Waals surface area contributed by atoms with E-state index in [0.717, 1.165) is 19.4 Å². The molecule has 1 atom stereocenters. The highest BCUT2D eigenvalue weighted by Crippen LogP contribution is 2.30. The van der Waals surface area contributed by atoms with E-state index in [0.29, 0.717) is 34.7 Å². The Morgan fingerprint density at radius 3 is 2.73 bits per heavy atom. The first-order valence-electron chi connectivity index (χ1n) is 8.67. The molecular formula is C18H24N6O2. The van der Waals surface area contributed by atoms with Crippen LogP contribution in [0.25, 0.3) is 0 Å². The minimum absolute atomic E-state index is 0.293. The summed E-state index contributed by atoms with van der Waals surface area (Å²) in [6, 6.07) is 7.19.